The Kier molecular flexibility index (Phi) is 5.06. The van der Waals surface area contributed by atoms with E-state index in [1.54, 1.807) is 6.92 Å². The van der Waals surface area contributed by atoms with E-state index in [0.29, 0.717) is 5.92 Å². The molecule has 0 saturated heterocycles. The highest BCUT2D eigenvalue weighted by molar-refractivity contribution is 5.88. The second-order valence-corrected chi connectivity index (χ2v) is 7.24. The number of nitrogens with zero attached hydrogens (tertiary/aromatic N) is 2. The zero-order valence-electron chi connectivity index (χ0n) is 15.7. The summed E-state index contributed by atoms with van der Waals surface area (Å²) in [7, 11) is 0. The second kappa shape index (κ2) is 7.29. The summed E-state index contributed by atoms with van der Waals surface area (Å²) in [4.78, 5) is 13.1. The standard InChI is InChI=1S/C22H23N3O2/c1-3-27-21(26)22(13-24)19(15-7-5-4-6-8-15)16-10-9-14(2)11-17(16)18(12-23)20(22)25/h4-8,14,19H,3,9-11,25H2,1-2H3/t14-,19+,22+/m1/s1. The summed E-state index contributed by atoms with van der Waals surface area (Å²) in [6, 6.07) is 13.8. The highest BCUT2D eigenvalue weighted by Gasteiger charge is 2.56. The van der Waals surface area contributed by atoms with Crippen molar-refractivity contribution in [1.29, 1.82) is 10.5 Å². The van der Waals surface area contributed by atoms with E-state index in [1.807, 2.05) is 30.3 Å². The van der Waals surface area contributed by atoms with Gasteiger partial charge >= 0.3 is 5.97 Å². The molecule has 138 valence electrons. The molecule has 0 saturated carbocycles. The van der Waals surface area contributed by atoms with Crippen molar-refractivity contribution in [3.8, 4) is 12.1 Å². The van der Waals surface area contributed by atoms with Crippen molar-refractivity contribution < 1.29 is 9.53 Å². The average molecular weight is 361 g/mol. The minimum atomic E-state index is -1.72. The van der Waals surface area contributed by atoms with Crippen molar-refractivity contribution in [1.82, 2.24) is 0 Å². The molecule has 0 spiro atoms. The molecule has 0 fully saturated rings. The van der Waals surface area contributed by atoms with Crippen LogP contribution in [0.15, 0.2) is 52.7 Å². The topological polar surface area (TPSA) is 99.9 Å². The molecular formula is C22H23N3O2. The number of nitriles is 2. The van der Waals surface area contributed by atoms with Crippen LogP contribution >= 0.6 is 0 Å². The molecule has 2 N–H and O–H groups in total. The summed E-state index contributed by atoms with van der Waals surface area (Å²) in [6.45, 7) is 3.98. The van der Waals surface area contributed by atoms with Gasteiger partial charge in [0.15, 0.2) is 0 Å². The molecule has 0 unspecified atom stereocenters. The number of nitrogens with two attached hydrogens (primary N) is 1. The van der Waals surface area contributed by atoms with Gasteiger partial charge in [-0.15, -0.1) is 0 Å². The first-order valence-electron chi connectivity index (χ1n) is 9.27. The Hall–Kier alpha value is -3.05. The van der Waals surface area contributed by atoms with E-state index in [0.717, 1.165) is 36.0 Å². The third kappa shape index (κ3) is 2.80. The molecule has 1 aromatic carbocycles. The lowest BCUT2D eigenvalue weighted by atomic mass is 9.59. The highest BCUT2D eigenvalue weighted by atomic mass is 16.5. The second-order valence-electron chi connectivity index (χ2n) is 7.24. The van der Waals surface area contributed by atoms with E-state index < -0.39 is 17.3 Å². The maximum absolute atomic E-state index is 13.1. The molecule has 0 radical (unpaired) electrons. The molecule has 3 atom stereocenters. The Morgan fingerprint density at radius 1 is 1.33 bits per heavy atom. The third-order valence-corrected chi connectivity index (χ3v) is 5.64. The first-order chi connectivity index (χ1) is 13.0. The molecule has 27 heavy (non-hydrogen) atoms. The fraction of sp³-hybridized carbons (Fsp3) is 0.409. The molecular weight excluding hydrogens is 338 g/mol. The van der Waals surface area contributed by atoms with Crippen LogP contribution in [0.5, 0.6) is 0 Å². The predicted octanol–water partition coefficient (Wildman–Crippen LogP) is 3.71. The number of hydrogen-bond donors (Lipinski definition) is 1. The van der Waals surface area contributed by atoms with Crippen molar-refractivity contribution >= 4 is 5.97 Å². The molecule has 0 heterocycles. The van der Waals surface area contributed by atoms with Crippen LogP contribution in [0.2, 0.25) is 0 Å². The number of carbonyl (C=O) groups excluding carboxylic acids is 1. The first kappa shape index (κ1) is 18.7. The van der Waals surface area contributed by atoms with Crippen molar-refractivity contribution in [2.24, 2.45) is 17.1 Å². The number of carbonyl (C=O) groups is 1. The fourth-order valence-corrected chi connectivity index (χ4v) is 4.36. The van der Waals surface area contributed by atoms with Gasteiger partial charge in [-0.3, -0.25) is 0 Å². The van der Waals surface area contributed by atoms with E-state index in [2.05, 4.69) is 19.1 Å². The number of benzene rings is 1. The zero-order valence-corrected chi connectivity index (χ0v) is 15.7. The van der Waals surface area contributed by atoms with Crippen LogP contribution in [-0.4, -0.2) is 12.6 Å². The average Bonchev–Trinajstić information content (AvgIpc) is 2.68. The minimum Gasteiger partial charge on any atom is -0.464 e. The number of ether oxygens (including phenoxy) is 1. The third-order valence-electron chi connectivity index (χ3n) is 5.64. The zero-order chi connectivity index (χ0) is 19.6. The highest BCUT2D eigenvalue weighted by Crippen LogP contribution is 2.55. The number of allylic oxidation sites excluding steroid dienone is 3. The van der Waals surface area contributed by atoms with Gasteiger partial charge in [0.25, 0.3) is 0 Å². The number of hydrogen-bond acceptors (Lipinski definition) is 5. The maximum atomic E-state index is 13.1. The maximum Gasteiger partial charge on any atom is 0.333 e. The van der Waals surface area contributed by atoms with E-state index >= 15 is 0 Å². The van der Waals surface area contributed by atoms with Gasteiger partial charge in [-0.1, -0.05) is 42.8 Å². The monoisotopic (exact) mass is 361 g/mol. The number of esters is 1. The van der Waals surface area contributed by atoms with Gasteiger partial charge in [0.05, 0.1) is 23.9 Å². The lowest BCUT2D eigenvalue weighted by Gasteiger charge is -2.42. The SMILES string of the molecule is CCOC(=O)[C@]1(C#N)C(N)=C(C#N)C2=C(CC[C@@H](C)C2)[C@@H]1c1ccccc1. The van der Waals surface area contributed by atoms with E-state index in [-0.39, 0.29) is 17.9 Å². The lowest BCUT2D eigenvalue weighted by Crippen LogP contribution is -2.46. The Morgan fingerprint density at radius 2 is 2.04 bits per heavy atom. The van der Waals surface area contributed by atoms with Gasteiger partial charge in [-0.25, -0.2) is 4.79 Å². The van der Waals surface area contributed by atoms with Crippen molar-refractivity contribution in [2.45, 2.75) is 39.0 Å². The Labute approximate surface area is 159 Å². The largest absolute Gasteiger partial charge is 0.464 e. The smallest absolute Gasteiger partial charge is 0.333 e. The molecule has 0 amide bonds. The number of rotatable bonds is 3. The van der Waals surface area contributed by atoms with Crippen LogP contribution in [0.25, 0.3) is 0 Å². The molecule has 5 nitrogen and oxygen atoms in total. The van der Waals surface area contributed by atoms with Crippen LogP contribution in [0, 0.1) is 34.0 Å². The molecule has 2 aliphatic rings. The summed E-state index contributed by atoms with van der Waals surface area (Å²) in [5.74, 6) is -0.798. The summed E-state index contributed by atoms with van der Waals surface area (Å²) in [5, 5.41) is 20.0. The summed E-state index contributed by atoms with van der Waals surface area (Å²) in [5.41, 5.74) is 7.68. The van der Waals surface area contributed by atoms with E-state index in [4.69, 9.17) is 10.5 Å². The molecule has 0 aromatic heterocycles. The lowest BCUT2D eigenvalue weighted by molar-refractivity contribution is -0.151. The van der Waals surface area contributed by atoms with E-state index in [9.17, 15) is 15.3 Å². The molecule has 3 rings (SSSR count). The molecule has 5 heteroatoms. The van der Waals surface area contributed by atoms with Crippen LogP contribution in [0.4, 0.5) is 0 Å². The Bertz CT molecular complexity index is 902. The van der Waals surface area contributed by atoms with Crippen molar-refractivity contribution in [3.05, 3.63) is 58.3 Å². The minimum absolute atomic E-state index is 0.0210. The van der Waals surface area contributed by atoms with Crippen LogP contribution in [0.3, 0.4) is 0 Å². The van der Waals surface area contributed by atoms with Gasteiger partial charge < -0.3 is 10.5 Å². The van der Waals surface area contributed by atoms with Crippen molar-refractivity contribution in [3.63, 3.8) is 0 Å². The Balaban J connectivity index is 2.34. The van der Waals surface area contributed by atoms with Crippen LogP contribution in [0.1, 0.15) is 44.6 Å². The Morgan fingerprint density at radius 3 is 2.63 bits per heavy atom. The van der Waals surface area contributed by atoms with Crippen molar-refractivity contribution in [2.75, 3.05) is 6.61 Å². The normalized spacial score (nSPS) is 27.4. The van der Waals surface area contributed by atoms with Gasteiger partial charge in [0.1, 0.15) is 6.07 Å². The van der Waals surface area contributed by atoms with Crippen LogP contribution in [-0.2, 0) is 9.53 Å². The van der Waals surface area contributed by atoms with Gasteiger partial charge in [-0.2, -0.15) is 10.5 Å². The molecule has 2 aliphatic carbocycles. The first-order valence-corrected chi connectivity index (χ1v) is 9.27. The fourth-order valence-electron chi connectivity index (χ4n) is 4.36. The summed E-state index contributed by atoms with van der Waals surface area (Å²) >= 11 is 0. The van der Waals surface area contributed by atoms with Gasteiger partial charge in [0.2, 0.25) is 5.41 Å². The molecule has 0 bridgehead atoms. The molecule has 1 aromatic rings. The van der Waals surface area contributed by atoms with Gasteiger partial charge in [-0.05, 0) is 43.2 Å². The summed E-state index contributed by atoms with van der Waals surface area (Å²) in [6.07, 6.45) is 2.41. The predicted molar refractivity (Wildman–Crippen MR) is 101 cm³/mol. The van der Waals surface area contributed by atoms with Gasteiger partial charge in [0, 0.05) is 5.92 Å². The quantitative estimate of drug-likeness (QED) is 0.827. The summed E-state index contributed by atoms with van der Waals surface area (Å²) < 4.78 is 5.28. The van der Waals surface area contributed by atoms with E-state index in [1.165, 1.54) is 0 Å². The van der Waals surface area contributed by atoms with Crippen LogP contribution < -0.4 is 5.73 Å². The molecule has 0 aliphatic heterocycles.